The van der Waals surface area contributed by atoms with Crippen LogP contribution in [0.25, 0.3) is 16.8 Å². The van der Waals surface area contributed by atoms with Gasteiger partial charge in [-0.3, -0.25) is 14.5 Å². The van der Waals surface area contributed by atoms with E-state index in [4.69, 9.17) is 9.47 Å². The molecule has 4 aromatic rings. The van der Waals surface area contributed by atoms with Crippen molar-refractivity contribution in [2.75, 3.05) is 13.2 Å². The molecule has 2 amide bonds. The molecule has 0 unspecified atom stereocenters. The van der Waals surface area contributed by atoms with Gasteiger partial charge in [-0.2, -0.15) is 0 Å². The summed E-state index contributed by atoms with van der Waals surface area (Å²) in [5, 5.41) is 2.01. The average molecular weight is 667 g/mol. The molecular formula is C31H25Br2NO4S. The number of hydrogen-bond acceptors (Lipinski definition) is 5. The zero-order valence-electron chi connectivity index (χ0n) is 21.4. The number of fused-ring (bicyclic) bond motifs is 1. The van der Waals surface area contributed by atoms with Crippen molar-refractivity contribution < 1.29 is 19.1 Å². The van der Waals surface area contributed by atoms with Crippen molar-refractivity contribution in [3.63, 3.8) is 0 Å². The Balaban J connectivity index is 1.26. The van der Waals surface area contributed by atoms with Gasteiger partial charge in [0.15, 0.2) is 0 Å². The third kappa shape index (κ3) is 6.24. The van der Waals surface area contributed by atoms with Gasteiger partial charge < -0.3 is 9.47 Å². The van der Waals surface area contributed by atoms with Gasteiger partial charge in [-0.15, -0.1) is 0 Å². The molecule has 1 aliphatic heterocycles. The standard InChI is InChI=1S/C31H25Br2NO4S/c1-19-10-11-20(2)27(14-19)37-13-12-34-30(35)28(39-31(34)36)17-21-15-25(32)29(26(33)16-21)38-18-23-8-5-7-22-6-3-4-9-24(22)23/h3-11,14-17H,12-13,18H2,1-2H3/b28-17-. The highest BCUT2D eigenvalue weighted by molar-refractivity contribution is 9.11. The number of carbonyl (C=O) groups excluding carboxylic acids is 2. The van der Waals surface area contributed by atoms with Crippen LogP contribution in [0.4, 0.5) is 4.79 Å². The minimum absolute atomic E-state index is 0.184. The second-order valence-electron chi connectivity index (χ2n) is 9.19. The van der Waals surface area contributed by atoms with Crippen LogP contribution >= 0.6 is 43.6 Å². The Morgan fingerprint density at radius 3 is 2.44 bits per heavy atom. The van der Waals surface area contributed by atoms with Crippen LogP contribution in [0, 0.1) is 13.8 Å². The Labute approximate surface area is 248 Å². The Kier molecular flexibility index (Phi) is 8.45. The van der Waals surface area contributed by atoms with E-state index in [1.54, 1.807) is 6.08 Å². The van der Waals surface area contributed by atoms with Crippen molar-refractivity contribution in [2.24, 2.45) is 0 Å². The second kappa shape index (κ2) is 12.0. The first-order valence-corrected chi connectivity index (χ1v) is 14.7. The summed E-state index contributed by atoms with van der Waals surface area (Å²) in [5.74, 6) is 1.10. The maximum atomic E-state index is 13.0. The van der Waals surface area contributed by atoms with E-state index in [2.05, 4.69) is 56.1 Å². The fourth-order valence-corrected chi connectivity index (χ4v) is 6.64. The number of imide groups is 1. The molecule has 0 atom stereocenters. The van der Waals surface area contributed by atoms with Gasteiger partial charge >= 0.3 is 0 Å². The van der Waals surface area contributed by atoms with Crippen LogP contribution in [0.15, 0.2) is 86.6 Å². The largest absolute Gasteiger partial charge is 0.491 e. The van der Waals surface area contributed by atoms with Gasteiger partial charge in [-0.1, -0.05) is 54.6 Å². The number of hydrogen-bond donors (Lipinski definition) is 0. The highest BCUT2D eigenvalue weighted by atomic mass is 79.9. The third-order valence-corrected chi connectivity index (χ3v) is 8.45. The van der Waals surface area contributed by atoms with Crippen LogP contribution in [-0.2, 0) is 11.4 Å². The van der Waals surface area contributed by atoms with E-state index < -0.39 is 0 Å². The Hall–Kier alpha value is -3.07. The Bertz CT molecular complexity index is 1590. The number of halogens is 2. The molecule has 0 saturated carbocycles. The zero-order chi connectivity index (χ0) is 27.5. The molecule has 1 fully saturated rings. The molecule has 5 rings (SSSR count). The molecule has 1 aliphatic rings. The molecule has 0 radical (unpaired) electrons. The van der Waals surface area contributed by atoms with Crippen LogP contribution in [0.1, 0.15) is 22.3 Å². The highest BCUT2D eigenvalue weighted by Crippen LogP contribution is 2.38. The minimum Gasteiger partial charge on any atom is -0.491 e. The number of nitrogens with zero attached hydrogens (tertiary/aromatic N) is 1. The van der Waals surface area contributed by atoms with Crippen LogP contribution in [0.5, 0.6) is 11.5 Å². The Morgan fingerprint density at radius 2 is 1.64 bits per heavy atom. The van der Waals surface area contributed by atoms with Crippen LogP contribution in [0.2, 0.25) is 0 Å². The van der Waals surface area contributed by atoms with E-state index in [1.165, 1.54) is 4.90 Å². The first-order valence-electron chi connectivity index (χ1n) is 12.3. The van der Waals surface area contributed by atoms with Gasteiger partial charge in [-0.25, -0.2) is 0 Å². The first kappa shape index (κ1) is 27.5. The summed E-state index contributed by atoms with van der Waals surface area (Å²) < 4.78 is 13.5. The number of amides is 2. The topological polar surface area (TPSA) is 55.8 Å². The number of aryl methyl sites for hydroxylation is 2. The predicted octanol–water partition coefficient (Wildman–Crippen LogP) is 8.68. The van der Waals surface area contributed by atoms with E-state index in [-0.39, 0.29) is 24.3 Å². The second-order valence-corrected chi connectivity index (χ2v) is 11.9. The highest BCUT2D eigenvalue weighted by Gasteiger charge is 2.35. The number of benzene rings is 4. The van der Waals surface area contributed by atoms with Gasteiger partial charge in [0.25, 0.3) is 11.1 Å². The van der Waals surface area contributed by atoms with Gasteiger partial charge in [0, 0.05) is 0 Å². The monoisotopic (exact) mass is 665 g/mol. The summed E-state index contributed by atoms with van der Waals surface area (Å²) >= 11 is 8.15. The number of thioether (sulfide) groups is 1. The lowest BCUT2D eigenvalue weighted by atomic mass is 10.1. The maximum Gasteiger partial charge on any atom is 0.293 e. The third-order valence-electron chi connectivity index (χ3n) is 6.36. The molecule has 0 bridgehead atoms. The molecule has 39 heavy (non-hydrogen) atoms. The average Bonchev–Trinajstić information content (AvgIpc) is 3.17. The molecule has 1 heterocycles. The molecule has 8 heteroatoms. The van der Waals surface area contributed by atoms with E-state index in [9.17, 15) is 9.59 Å². The first-order chi connectivity index (χ1) is 18.8. The fourth-order valence-electron chi connectivity index (χ4n) is 4.32. The predicted molar refractivity (Wildman–Crippen MR) is 164 cm³/mol. The molecule has 0 N–H and O–H groups in total. The van der Waals surface area contributed by atoms with Crippen LogP contribution in [0.3, 0.4) is 0 Å². The lowest BCUT2D eigenvalue weighted by Crippen LogP contribution is -2.32. The number of rotatable bonds is 8. The Morgan fingerprint density at radius 1 is 0.897 bits per heavy atom. The van der Waals surface area contributed by atoms with Crippen molar-refractivity contribution in [3.8, 4) is 11.5 Å². The summed E-state index contributed by atoms with van der Waals surface area (Å²) in [4.78, 5) is 27.2. The van der Waals surface area contributed by atoms with Gasteiger partial charge in [0.1, 0.15) is 24.7 Å². The summed E-state index contributed by atoms with van der Waals surface area (Å²) in [7, 11) is 0. The van der Waals surface area contributed by atoms with Crippen LogP contribution in [-0.4, -0.2) is 29.2 Å². The number of ether oxygens (including phenoxy) is 2. The van der Waals surface area contributed by atoms with Crippen LogP contribution < -0.4 is 9.47 Å². The molecule has 5 nitrogen and oxygen atoms in total. The molecule has 4 aromatic carbocycles. The quantitative estimate of drug-likeness (QED) is 0.176. The minimum atomic E-state index is -0.321. The van der Waals surface area contributed by atoms with E-state index >= 15 is 0 Å². The summed E-state index contributed by atoms with van der Waals surface area (Å²) in [6.45, 7) is 4.78. The van der Waals surface area contributed by atoms with Crippen molar-refractivity contribution >= 4 is 71.6 Å². The van der Waals surface area contributed by atoms with Crippen molar-refractivity contribution in [1.82, 2.24) is 4.90 Å². The van der Waals surface area contributed by atoms with Crippen molar-refractivity contribution in [2.45, 2.75) is 20.5 Å². The molecule has 0 aromatic heterocycles. The van der Waals surface area contributed by atoms with Gasteiger partial charge in [0.05, 0.1) is 20.4 Å². The molecule has 0 spiro atoms. The smallest absolute Gasteiger partial charge is 0.293 e. The normalized spacial score (nSPS) is 14.5. The van der Waals surface area contributed by atoms with Gasteiger partial charge in [-0.05, 0) is 115 Å². The maximum absolute atomic E-state index is 13.0. The van der Waals surface area contributed by atoms with E-state index in [0.29, 0.717) is 17.3 Å². The van der Waals surface area contributed by atoms with E-state index in [0.717, 1.165) is 59.5 Å². The lowest BCUT2D eigenvalue weighted by Gasteiger charge is -2.15. The summed E-state index contributed by atoms with van der Waals surface area (Å²) in [5.41, 5.74) is 3.96. The molecule has 0 aliphatic carbocycles. The SMILES string of the molecule is Cc1ccc(C)c(OCCN2C(=O)S/C(=C\c3cc(Br)c(OCc4cccc5ccccc45)c(Br)c3)C2=O)c1. The number of carbonyl (C=O) groups is 2. The zero-order valence-corrected chi connectivity index (χ0v) is 25.4. The fraction of sp³-hybridized carbons (Fsp3) is 0.161. The summed E-state index contributed by atoms with van der Waals surface area (Å²) in [6, 6.07) is 24.1. The molecular weight excluding hydrogens is 642 g/mol. The van der Waals surface area contributed by atoms with E-state index in [1.807, 2.05) is 62.4 Å². The van der Waals surface area contributed by atoms with Gasteiger partial charge in [0.2, 0.25) is 0 Å². The molecule has 1 saturated heterocycles. The lowest BCUT2D eigenvalue weighted by molar-refractivity contribution is -0.123. The van der Waals surface area contributed by atoms with Crippen molar-refractivity contribution in [1.29, 1.82) is 0 Å². The molecule has 198 valence electrons. The summed E-state index contributed by atoms with van der Waals surface area (Å²) in [6.07, 6.45) is 1.72. The van der Waals surface area contributed by atoms with Crippen molar-refractivity contribution in [3.05, 3.63) is 109 Å².